The maximum absolute atomic E-state index is 10.9. The molecular weight excluding hydrogens is 306 g/mol. The molecule has 0 heterocycles. The molecule has 0 aromatic heterocycles. The molecule has 0 N–H and O–H groups in total. The van der Waals surface area contributed by atoms with Crippen molar-refractivity contribution in [2.75, 3.05) is 5.88 Å². The average molecular weight is 310 g/mol. The van der Waals surface area contributed by atoms with Gasteiger partial charge in [0.05, 0.1) is 10.9 Å². The molecule has 0 saturated heterocycles. The second-order valence-corrected chi connectivity index (χ2v) is 3.56. The van der Waals surface area contributed by atoms with E-state index in [1.54, 1.807) is 0 Å². The molecule has 0 fully saturated rings. The number of halogens is 8. The van der Waals surface area contributed by atoms with Crippen molar-refractivity contribution in [1.29, 1.82) is 0 Å². The van der Waals surface area contributed by atoms with Crippen molar-refractivity contribution in [1.82, 2.24) is 0 Å². The van der Waals surface area contributed by atoms with Gasteiger partial charge < -0.3 is 0 Å². The van der Waals surface area contributed by atoms with E-state index in [0.717, 1.165) is 0 Å². The smallest absolute Gasteiger partial charge is 0.167 e. The summed E-state index contributed by atoms with van der Waals surface area (Å²) >= 11 is 25.4. The van der Waals surface area contributed by atoms with Gasteiger partial charge in [-0.25, -0.2) is 0 Å². The van der Waals surface area contributed by atoms with Crippen LogP contribution in [0.4, 0.5) is 13.2 Å². The van der Waals surface area contributed by atoms with Gasteiger partial charge in [-0.05, 0) is 0 Å². The summed E-state index contributed by atoms with van der Waals surface area (Å²) < 4.78 is 32.7. The zero-order chi connectivity index (χ0) is 11.8. The van der Waals surface area contributed by atoms with Crippen LogP contribution in [-0.4, -0.2) is 12.1 Å². The van der Waals surface area contributed by atoms with Gasteiger partial charge in [0.15, 0.2) is 0 Å². The van der Waals surface area contributed by atoms with Crippen molar-refractivity contribution in [3.05, 3.63) is 21.1 Å². The van der Waals surface area contributed by atoms with Crippen LogP contribution in [0.1, 0.15) is 0 Å². The monoisotopic (exact) mass is 308 g/mol. The van der Waals surface area contributed by atoms with Crippen LogP contribution in [-0.2, 0) is 0 Å². The van der Waals surface area contributed by atoms with Gasteiger partial charge in [0, 0.05) is 11.6 Å². The third kappa shape index (κ3) is 15.2. The first kappa shape index (κ1) is 17.1. The van der Waals surface area contributed by atoms with Gasteiger partial charge in [-0.2, -0.15) is 13.2 Å². The van der Waals surface area contributed by atoms with Crippen LogP contribution in [0.3, 0.4) is 0 Å². The van der Waals surface area contributed by atoms with Gasteiger partial charge in [0.25, 0.3) is 0 Å². The third-order valence-electron chi connectivity index (χ3n) is 0.574. The number of rotatable bonds is 1. The van der Waals surface area contributed by atoms with E-state index in [0.29, 0.717) is 5.54 Å². The summed E-state index contributed by atoms with van der Waals surface area (Å²) in [7, 11) is 0. The van der Waals surface area contributed by atoms with Crippen LogP contribution in [0, 0.1) is 0 Å². The van der Waals surface area contributed by atoms with E-state index in [1.165, 1.54) is 0 Å². The molecule has 0 aliphatic heterocycles. The normalized spacial score (nSPS) is 10.9. The number of allylic oxidation sites excluding steroid dienone is 2. The van der Waals surface area contributed by atoms with E-state index >= 15 is 0 Å². The largest absolute Gasteiger partial charge is 0.410 e. The quantitative estimate of drug-likeness (QED) is 0.568. The molecule has 0 spiro atoms. The van der Waals surface area contributed by atoms with Crippen LogP contribution in [0.15, 0.2) is 21.1 Å². The second-order valence-electron chi connectivity index (χ2n) is 1.63. The molecule has 0 nitrogen and oxygen atoms in total. The summed E-state index contributed by atoms with van der Waals surface area (Å²) in [5, 5.41) is 0.282. The zero-order valence-corrected chi connectivity index (χ0v) is 10.2. The Labute approximate surface area is 104 Å². The topological polar surface area (TPSA) is 0 Å². The maximum Gasteiger partial charge on any atom is 0.410 e. The standard InChI is InChI=1S/C3H2Cl4.C3H2ClF3/c4-1-2(5)3(6)7;4-2-1-3(5,6)7/h1H2;1-2H. The molecule has 0 saturated carbocycles. The van der Waals surface area contributed by atoms with Crippen molar-refractivity contribution >= 4 is 58.0 Å². The van der Waals surface area contributed by atoms with Gasteiger partial charge in [-0.1, -0.05) is 46.4 Å². The molecule has 0 aliphatic rings. The number of hydrogen-bond donors (Lipinski definition) is 0. The van der Waals surface area contributed by atoms with Crippen LogP contribution in [0.25, 0.3) is 0 Å². The lowest BCUT2D eigenvalue weighted by Gasteiger charge is -1.92. The van der Waals surface area contributed by atoms with Gasteiger partial charge >= 0.3 is 6.18 Å². The Kier molecular flexibility index (Phi) is 11.0. The van der Waals surface area contributed by atoms with Crippen molar-refractivity contribution in [2.45, 2.75) is 6.18 Å². The molecular formula is C6H4Cl5F3. The SMILES string of the molecule is ClCC(Cl)=C(Cl)Cl.FC(F)(F)C=CCl. The Hall–Kier alpha value is 0.720. The third-order valence-corrected chi connectivity index (χ3v) is 2.08. The summed E-state index contributed by atoms with van der Waals surface area (Å²) in [6.45, 7) is 0. The predicted octanol–water partition coefficient (Wildman–Crippen LogP) is 5.41. The lowest BCUT2D eigenvalue weighted by atomic mass is 10.6. The first-order chi connectivity index (χ1) is 6.24. The van der Waals surface area contributed by atoms with Crippen LogP contribution < -0.4 is 0 Å². The fraction of sp³-hybridized carbons (Fsp3) is 0.333. The maximum atomic E-state index is 10.9. The van der Waals surface area contributed by atoms with Crippen LogP contribution in [0.2, 0.25) is 0 Å². The molecule has 14 heavy (non-hydrogen) atoms. The highest BCUT2D eigenvalue weighted by Crippen LogP contribution is 2.18. The summed E-state index contributed by atoms with van der Waals surface area (Å²) in [6.07, 6.45) is -4.31. The van der Waals surface area contributed by atoms with Gasteiger partial charge in [0.1, 0.15) is 4.49 Å². The van der Waals surface area contributed by atoms with Crippen LogP contribution >= 0.6 is 58.0 Å². The molecule has 0 amide bonds. The molecule has 0 aromatic rings. The summed E-state index contributed by atoms with van der Waals surface area (Å²) in [6, 6.07) is 0. The molecule has 0 unspecified atom stereocenters. The Morgan fingerprint density at radius 1 is 1.14 bits per heavy atom. The molecule has 0 bridgehead atoms. The van der Waals surface area contributed by atoms with E-state index in [9.17, 15) is 13.2 Å². The Balaban J connectivity index is 0. The van der Waals surface area contributed by atoms with Gasteiger partial charge in [0.2, 0.25) is 0 Å². The molecule has 84 valence electrons. The van der Waals surface area contributed by atoms with E-state index in [1.807, 2.05) is 0 Å². The van der Waals surface area contributed by atoms with Crippen molar-refractivity contribution in [2.24, 2.45) is 0 Å². The van der Waals surface area contributed by atoms with E-state index in [4.69, 9.17) is 46.4 Å². The fourth-order valence-corrected chi connectivity index (χ4v) is 0.669. The van der Waals surface area contributed by atoms with E-state index < -0.39 is 6.18 Å². The Bertz CT molecular complexity index is 204. The highest BCUT2D eigenvalue weighted by atomic mass is 35.5. The van der Waals surface area contributed by atoms with Crippen molar-refractivity contribution in [3.8, 4) is 0 Å². The Morgan fingerprint density at radius 2 is 1.57 bits per heavy atom. The van der Waals surface area contributed by atoms with Gasteiger partial charge in [-0.3, -0.25) is 0 Å². The molecule has 0 aliphatic carbocycles. The van der Waals surface area contributed by atoms with Gasteiger partial charge in [-0.15, -0.1) is 11.6 Å². The summed E-state index contributed by atoms with van der Waals surface area (Å²) in [5.41, 5.74) is 0.431. The minimum atomic E-state index is -4.26. The van der Waals surface area contributed by atoms with E-state index in [-0.39, 0.29) is 21.5 Å². The summed E-state index contributed by atoms with van der Waals surface area (Å²) in [4.78, 5) is 0. The average Bonchev–Trinajstić information content (AvgIpc) is 2.01. The molecule has 0 radical (unpaired) electrons. The molecule has 8 heteroatoms. The van der Waals surface area contributed by atoms with Crippen molar-refractivity contribution < 1.29 is 13.2 Å². The molecule has 0 rings (SSSR count). The first-order valence-corrected chi connectivity index (χ1v) is 4.95. The van der Waals surface area contributed by atoms with Crippen LogP contribution in [0.5, 0.6) is 0 Å². The zero-order valence-electron chi connectivity index (χ0n) is 6.39. The second kappa shape index (κ2) is 8.98. The van der Waals surface area contributed by atoms with Crippen molar-refractivity contribution in [3.63, 3.8) is 0 Å². The Morgan fingerprint density at radius 3 is 1.57 bits per heavy atom. The minimum Gasteiger partial charge on any atom is -0.167 e. The highest BCUT2D eigenvalue weighted by Gasteiger charge is 2.21. The lowest BCUT2D eigenvalue weighted by Crippen LogP contribution is -1.99. The first-order valence-electron chi connectivity index (χ1n) is 2.84. The number of alkyl halides is 4. The molecule has 0 atom stereocenters. The summed E-state index contributed by atoms with van der Waals surface area (Å²) in [5.74, 6) is 0.171. The fourth-order valence-electron chi connectivity index (χ4n) is 0.122. The van der Waals surface area contributed by atoms with E-state index in [2.05, 4.69) is 11.6 Å². The highest BCUT2D eigenvalue weighted by molar-refractivity contribution is 6.60. The number of hydrogen-bond acceptors (Lipinski definition) is 0. The lowest BCUT2D eigenvalue weighted by molar-refractivity contribution is -0.0796. The minimum absolute atomic E-state index is 0.0386. The predicted molar refractivity (Wildman–Crippen MR) is 56.4 cm³/mol. The molecule has 0 aromatic carbocycles.